The summed E-state index contributed by atoms with van der Waals surface area (Å²) >= 11 is 4.95. The Hall–Kier alpha value is -2.51. The highest BCUT2D eigenvalue weighted by molar-refractivity contribution is 9.10. The molecule has 4 rings (SSSR count). The van der Waals surface area contributed by atoms with Crippen molar-refractivity contribution in [2.45, 2.75) is 6.92 Å². The van der Waals surface area contributed by atoms with Crippen LogP contribution in [0.2, 0.25) is 0 Å². The maximum atomic E-state index is 6.27. The predicted octanol–water partition coefficient (Wildman–Crippen LogP) is 4.71. The molecule has 124 valence electrons. The van der Waals surface area contributed by atoms with Gasteiger partial charge >= 0.3 is 0 Å². The van der Waals surface area contributed by atoms with Crippen molar-refractivity contribution in [1.82, 2.24) is 20.0 Å². The second-order valence-corrected chi connectivity index (χ2v) is 7.39. The van der Waals surface area contributed by atoms with Crippen molar-refractivity contribution < 1.29 is 0 Å². The van der Waals surface area contributed by atoms with Crippen molar-refractivity contribution in [3.05, 3.63) is 63.9 Å². The van der Waals surface area contributed by atoms with Crippen molar-refractivity contribution in [1.29, 1.82) is 0 Å². The average molecular weight is 412 g/mol. The van der Waals surface area contributed by atoms with Crippen LogP contribution in [0, 0.1) is 6.92 Å². The van der Waals surface area contributed by atoms with Crippen LogP contribution < -0.4 is 5.73 Å². The van der Waals surface area contributed by atoms with Gasteiger partial charge in [-0.15, -0.1) is 16.4 Å². The minimum atomic E-state index is 0.487. The van der Waals surface area contributed by atoms with Gasteiger partial charge in [-0.2, -0.15) is 4.68 Å². The summed E-state index contributed by atoms with van der Waals surface area (Å²) in [5, 5.41) is 11.2. The molecule has 0 saturated heterocycles. The molecule has 0 saturated carbocycles. The summed E-state index contributed by atoms with van der Waals surface area (Å²) < 4.78 is 2.67. The molecule has 4 aromatic rings. The fourth-order valence-electron chi connectivity index (χ4n) is 2.45. The summed E-state index contributed by atoms with van der Waals surface area (Å²) in [6, 6.07) is 16.0. The summed E-state index contributed by atoms with van der Waals surface area (Å²) in [6.07, 6.45) is 0. The van der Waals surface area contributed by atoms with E-state index in [1.54, 1.807) is 4.68 Å². The zero-order valence-electron chi connectivity index (χ0n) is 13.3. The topological polar surface area (TPSA) is 69.6 Å². The van der Waals surface area contributed by atoms with E-state index in [0.29, 0.717) is 11.5 Å². The molecule has 5 nitrogen and oxygen atoms in total. The summed E-state index contributed by atoms with van der Waals surface area (Å²) in [5.74, 6) is 0.487. The van der Waals surface area contributed by atoms with Crippen LogP contribution in [0.4, 0.5) is 5.82 Å². The molecule has 0 radical (unpaired) electrons. The summed E-state index contributed by atoms with van der Waals surface area (Å²) in [5.41, 5.74) is 10.9. The Bertz CT molecular complexity index is 1020. The van der Waals surface area contributed by atoms with Crippen LogP contribution in [0.25, 0.3) is 27.6 Å². The molecular formula is C18H14BrN5S. The highest BCUT2D eigenvalue weighted by atomic mass is 79.9. The molecule has 2 N–H and O–H groups in total. The van der Waals surface area contributed by atoms with Gasteiger partial charge in [0.25, 0.3) is 0 Å². The van der Waals surface area contributed by atoms with Gasteiger partial charge in [0.1, 0.15) is 5.01 Å². The van der Waals surface area contributed by atoms with Crippen LogP contribution in [-0.4, -0.2) is 20.0 Å². The van der Waals surface area contributed by atoms with Crippen LogP contribution in [0.1, 0.15) is 5.56 Å². The number of nitrogens with two attached hydrogens (primary N) is 1. The van der Waals surface area contributed by atoms with Gasteiger partial charge in [0, 0.05) is 15.4 Å². The first-order valence-corrected chi connectivity index (χ1v) is 9.29. The third-order valence-electron chi connectivity index (χ3n) is 3.83. The minimum Gasteiger partial charge on any atom is -0.382 e. The van der Waals surface area contributed by atoms with E-state index in [0.717, 1.165) is 26.4 Å². The van der Waals surface area contributed by atoms with Gasteiger partial charge in [0.15, 0.2) is 11.5 Å². The normalized spacial score (nSPS) is 11.0. The first-order valence-electron chi connectivity index (χ1n) is 7.62. The molecule has 0 atom stereocenters. The van der Waals surface area contributed by atoms with Crippen LogP contribution in [0.15, 0.2) is 58.4 Å². The molecule has 0 aliphatic rings. The maximum Gasteiger partial charge on any atom is 0.165 e. The standard InChI is InChI=1S/C18H14BrN5S/c1-11-2-8-14(9-3-11)24-17(20)16(22-23-24)18-21-15(10-25-18)12-4-6-13(19)7-5-12/h2-10H,20H2,1H3. The lowest BCUT2D eigenvalue weighted by atomic mass is 10.2. The Morgan fingerprint density at radius 3 is 2.48 bits per heavy atom. The second kappa shape index (κ2) is 6.42. The van der Waals surface area contributed by atoms with Gasteiger partial charge in [-0.3, -0.25) is 0 Å². The number of nitrogen functional groups attached to an aromatic ring is 1. The van der Waals surface area contributed by atoms with E-state index in [1.165, 1.54) is 16.9 Å². The van der Waals surface area contributed by atoms with Crippen LogP contribution in [0.3, 0.4) is 0 Å². The highest BCUT2D eigenvalue weighted by Crippen LogP contribution is 2.31. The number of benzene rings is 2. The number of hydrogen-bond donors (Lipinski definition) is 1. The SMILES string of the molecule is Cc1ccc(-n2nnc(-c3nc(-c4ccc(Br)cc4)cs3)c2N)cc1. The lowest BCUT2D eigenvalue weighted by Crippen LogP contribution is -2.02. The number of aromatic nitrogens is 4. The fraction of sp³-hybridized carbons (Fsp3) is 0.0556. The molecule has 0 aliphatic carbocycles. The molecule has 0 unspecified atom stereocenters. The van der Waals surface area contributed by atoms with Crippen molar-refractivity contribution in [2.75, 3.05) is 5.73 Å². The molecule has 0 amide bonds. The van der Waals surface area contributed by atoms with Crippen molar-refractivity contribution in [3.8, 4) is 27.6 Å². The molecule has 25 heavy (non-hydrogen) atoms. The molecule has 0 aliphatic heterocycles. The zero-order chi connectivity index (χ0) is 17.4. The summed E-state index contributed by atoms with van der Waals surface area (Å²) in [6.45, 7) is 2.04. The summed E-state index contributed by atoms with van der Waals surface area (Å²) in [7, 11) is 0. The molecule has 7 heteroatoms. The first-order chi connectivity index (χ1) is 12.1. The van der Waals surface area contributed by atoms with Gasteiger partial charge in [-0.25, -0.2) is 4.98 Å². The van der Waals surface area contributed by atoms with E-state index < -0.39 is 0 Å². The van der Waals surface area contributed by atoms with E-state index in [4.69, 9.17) is 5.73 Å². The van der Waals surface area contributed by atoms with Gasteiger partial charge in [0.05, 0.1) is 11.4 Å². The molecule has 2 aromatic carbocycles. The molecular weight excluding hydrogens is 398 g/mol. The summed E-state index contributed by atoms with van der Waals surface area (Å²) in [4.78, 5) is 4.67. The largest absolute Gasteiger partial charge is 0.382 e. The Kier molecular flexibility index (Phi) is 4.10. The van der Waals surface area contributed by atoms with E-state index in [1.807, 2.05) is 60.8 Å². The van der Waals surface area contributed by atoms with Crippen molar-refractivity contribution >= 4 is 33.1 Å². The Morgan fingerprint density at radius 1 is 1.04 bits per heavy atom. The Morgan fingerprint density at radius 2 is 1.76 bits per heavy atom. The number of halogens is 1. The number of hydrogen-bond acceptors (Lipinski definition) is 5. The van der Waals surface area contributed by atoms with E-state index in [2.05, 4.69) is 31.2 Å². The Labute approximate surface area is 157 Å². The van der Waals surface area contributed by atoms with Gasteiger partial charge in [-0.05, 0) is 31.2 Å². The number of thiazole rings is 1. The maximum absolute atomic E-state index is 6.27. The van der Waals surface area contributed by atoms with E-state index in [9.17, 15) is 0 Å². The lowest BCUT2D eigenvalue weighted by molar-refractivity contribution is 0.810. The number of aryl methyl sites for hydroxylation is 1. The predicted molar refractivity (Wildman–Crippen MR) is 105 cm³/mol. The van der Waals surface area contributed by atoms with Gasteiger partial charge in [-0.1, -0.05) is 51.0 Å². The molecule has 2 heterocycles. The molecule has 2 aromatic heterocycles. The third kappa shape index (κ3) is 3.08. The van der Waals surface area contributed by atoms with Gasteiger partial charge in [0.2, 0.25) is 0 Å². The van der Waals surface area contributed by atoms with E-state index >= 15 is 0 Å². The molecule has 0 bridgehead atoms. The monoisotopic (exact) mass is 411 g/mol. The number of anilines is 1. The van der Waals surface area contributed by atoms with E-state index in [-0.39, 0.29) is 0 Å². The third-order valence-corrected chi connectivity index (χ3v) is 5.21. The molecule has 0 fully saturated rings. The molecule has 0 spiro atoms. The second-order valence-electron chi connectivity index (χ2n) is 5.62. The lowest BCUT2D eigenvalue weighted by Gasteiger charge is -2.03. The zero-order valence-corrected chi connectivity index (χ0v) is 15.8. The van der Waals surface area contributed by atoms with Crippen LogP contribution in [0.5, 0.6) is 0 Å². The number of rotatable bonds is 3. The van der Waals surface area contributed by atoms with Crippen LogP contribution in [-0.2, 0) is 0 Å². The Balaban J connectivity index is 1.69. The highest BCUT2D eigenvalue weighted by Gasteiger charge is 2.16. The van der Waals surface area contributed by atoms with Crippen molar-refractivity contribution in [2.24, 2.45) is 0 Å². The van der Waals surface area contributed by atoms with Crippen LogP contribution >= 0.6 is 27.3 Å². The smallest absolute Gasteiger partial charge is 0.165 e. The minimum absolute atomic E-state index is 0.487. The van der Waals surface area contributed by atoms with Gasteiger partial charge < -0.3 is 5.73 Å². The average Bonchev–Trinajstić information content (AvgIpc) is 3.23. The fourth-order valence-corrected chi connectivity index (χ4v) is 3.54. The van der Waals surface area contributed by atoms with Crippen molar-refractivity contribution in [3.63, 3.8) is 0 Å². The first kappa shape index (κ1) is 16.0. The quantitative estimate of drug-likeness (QED) is 0.529. The number of nitrogens with zero attached hydrogens (tertiary/aromatic N) is 4.